The fourth-order valence-corrected chi connectivity index (χ4v) is 2.74. The summed E-state index contributed by atoms with van der Waals surface area (Å²) < 4.78 is 0. The quantitative estimate of drug-likeness (QED) is 0.884. The summed E-state index contributed by atoms with van der Waals surface area (Å²) in [4.78, 5) is 3.98. The molecule has 2 atom stereocenters. The lowest BCUT2D eigenvalue weighted by molar-refractivity contribution is 0.247. The van der Waals surface area contributed by atoms with Crippen LogP contribution in [0.5, 0.6) is 0 Å². The summed E-state index contributed by atoms with van der Waals surface area (Å²) in [5.74, 6) is 1.66. The van der Waals surface area contributed by atoms with Crippen LogP contribution < -0.4 is 5.32 Å². The Morgan fingerprint density at radius 3 is 3.06 bits per heavy atom. The minimum absolute atomic E-state index is 0.500. The molecule has 1 aliphatic rings. The summed E-state index contributed by atoms with van der Waals surface area (Å²) in [7, 11) is 0. The van der Waals surface area contributed by atoms with Crippen molar-refractivity contribution >= 4 is 0 Å². The van der Waals surface area contributed by atoms with Gasteiger partial charge in [-0.2, -0.15) is 5.26 Å². The van der Waals surface area contributed by atoms with Gasteiger partial charge in [0.15, 0.2) is 0 Å². The fourth-order valence-electron chi connectivity index (χ4n) is 2.74. The molecule has 0 bridgehead atoms. The molecule has 0 spiro atoms. The zero-order valence-electron chi connectivity index (χ0n) is 11.0. The molecule has 1 heterocycles. The normalized spacial score (nSPS) is 23.6. The number of hydrogen-bond acceptors (Lipinski definition) is 3. The molecule has 0 amide bonds. The maximum Gasteiger partial charge on any atom is 0.140 e. The molecule has 1 N–H and O–H groups in total. The molecular weight excluding hydrogens is 222 g/mol. The van der Waals surface area contributed by atoms with Gasteiger partial charge in [-0.05, 0) is 42.5 Å². The summed E-state index contributed by atoms with van der Waals surface area (Å²) in [5.41, 5.74) is 1.64. The van der Waals surface area contributed by atoms with Crippen molar-refractivity contribution < 1.29 is 0 Å². The van der Waals surface area contributed by atoms with Crippen molar-refractivity contribution in [3.63, 3.8) is 0 Å². The van der Waals surface area contributed by atoms with Gasteiger partial charge >= 0.3 is 0 Å². The zero-order chi connectivity index (χ0) is 12.8. The Morgan fingerprint density at radius 1 is 1.44 bits per heavy atom. The van der Waals surface area contributed by atoms with Crippen LogP contribution in [0, 0.1) is 23.2 Å². The molecule has 1 fully saturated rings. The second kappa shape index (κ2) is 6.51. The summed E-state index contributed by atoms with van der Waals surface area (Å²) in [6.07, 6.45) is 7.21. The summed E-state index contributed by atoms with van der Waals surface area (Å²) >= 11 is 0. The molecule has 18 heavy (non-hydrogen) atoms. The average Bonchev–Trinajstić information content (AvgIpc) is 2.41. The molecule has 2 unspecified atom stereocenters. The highest BCUT2D eigenvalue weighted by Gasteiger charge is 2.20. The lowest BCUT2D eigenvalue weighted by atomic mass is 9.80. The first-order chi connectivity index (χ1) is 8.79. The Balaban J connectivity index is 1.79. The molecule has 0 aliphatic heterocycles. The number of aromatic nitrogens is 1. The first kappa shape index (κ1) is 13.0. The van der Waals surface area contributed by atoms with Gasteiger partial charge in [0.2, 0.25) is 0 Å². The third-order valence-electron chi connectivity index (χ3n) is 3.96. The molecule has 1 aliphatic carbocycles. The topological polar surface area (TPSA) is 48.7 Å². The molecule has 1 aromatic rings. The van der Waals surface area contributed by atoms with Crippen LogP contribution >= 0.6 is 0 Å². The van der Waals surface area contributed by atoms with Crippen molar-refractivity contribution in [2.45, 2.75) is 39.2 Å². The minimum atomic E-state index is 0.500. The van der Waals surface area contributed by atoms with Crippen molar-refractivity contribution in [3.05, 3.63) is 29.6 Å². The Hall–Kier alpha value is -1.40. The van der Waals surface area contributed by atoms with E-state index in [0.717, 1.165) is 30.5 Å². The monoisotopic (exact) mass is 243 g/mol. The molecule has 0 aromatic carbocycles. The van der Waals surface area contributed by atoms with Gasteiger partial charge in [-0.1, -0.05) is 26.2 Å². The Labute approximate surface area is 109 Å². The van der Waals surface area contributed by atoms with Gasteiger partial charge in [-0.3, -0.25) is 0 Å². The van der Waals surface area contributed by atoms with Crippen molar-refractivity contribution in [1.82, 2.24) is 10.3 Å². The van der Waals surface area contributed by atoms with Gasteiger partial charge in [0.1, 0.15) is 11.8 Å². The second-order valence-corrected chi connectivity index (χ2v) is 5.31. The smallest absolute Gasteiger partial charge is 0.140 e. The molecule has 96 valence electrons. The highest BCUT2D eigenvalue weighted by molar-refractivity contribution is 5.25. The summed E-state index contributed by atoms with van der Waals surface area (Å²) in [6, 6.07) is 5.90. The van der Waals surface area contributed by atoms with E-state index in [0.29, 0.717) is 5.69 Å². The van der Waals surface area contributed by atoms with Crippen LogP contribution in [0.3, 0.4) is 0 Å². The molecular formula is C15H21N3. The predicted octanol–water partition coefficient (Wildman–Crippen LogP) is 2.87. The van der Waals surface area contributed by atoms with E-state index in [-0.39, 0.29) is 0 Å². The van der Waals surface area contributed by atoms with E-state index in [9.17, 15) is 0 Å². The maximum atomic E-state index is 8.79. The minimum Gasteiger partial charge on any atom is -0.312 e. The van der Waals surface area contributed by atoms with Crippen molar-refractivity contribution in [2.24, 2.45) is 11.8 Å². The average molecular weight is 243 g/mol. The van der Waals surface area contributed by atoms with Gasteiger partial charge in [0.05, 0.1) is 0 Å². The van der Waals surface area contributed by atoms with E-state index in [1.54, 1.807) is 6.20 Å². The van der Waals surface area contributed by atoms with Crippen LogP contribution in [0.4, 0.5) is 0 Å². The lowest BCUT2D eigenvalue weighted by Gasteiger charge is -2.28. The Bertz CT molecular complexity index is 422. The maximum absolute atomic E-state index is 8.79. The van der Waals surface area contributed by atoms with Crippen molar-refractivity contribution in [2.75, 3.05) is 6.54 Å². The standard InChI is InChI=1S/C15H21N3/c1-12-4-2-3-5-14(12)11-17-10-13-6-7-18-15(8-13)9-16/h6-8,12,14,17H,2-5,10-11H2,1H3. The third kappa shape index (κ3) is 3.54. The van der Waals surface area contributed by atoms with E-state index >= 15 is 0 Å². The first-order valence-electron chi connectivity index (χ1n) is 6.85. The molecule has 1 saturated carbocycles. The molecule has 3 nitrogen and oxygen atoms in total. The third-order valence-corrected chi connectivity index (χ3v) is 3.96. The van der Waals surface area contributed by atoms with E-state index in [1.165, 1.54) is 25.7 Å². The number of nitrogens with one attached hydrogen (secondary N) is 1. The van der Waals surface area contributed by atoms with Gasteiger partial charge in [0, 0.05) is 12.7 Å². The number of pyridine rings is 1. The number of nitrogens with zero attached hydrogens (tertiary/aromatic N) is 2. The molecule has 1 aromatic heterocycles. The van der Waals surface area contributed by atoms with Gasteiger partial charge < -0.3 is 5.32 Å². The predicted molar refractivity (Wildman–Crippen MR) is 71.8 cm³/mol. The van der Waals surface area contributed by atoms with Gasteiger partial charge in [0.25, 0.3) is 0 Å². The highest BCUT2D eigenvalue weighted by atomic mass is 14.9. The SMILES string of the molecule is CC1CCCCC1CNCc1ccnc(C#N)c1. The Kier molecular flexibility index (Phi) is 4.72. The lowest BCUT2D eigenvalue weighted by Crippen LogP contribution is -2.29. The zero-order valence-corrected chi connectivity index (χ0v) is 11.0. The van der Waals surface area contributed by atoms with Crippen LogP contribution in [0.15, 0.2) is 18.3 Å². The fraction of sp³-hybridized carbons (Fsp3) is 0.600. The first-order valence-corrected chi connectivity index (χ1v) is 6.85. The highest BCUT2D eigenvalue weighted by Crippen LogP contribution is 2.28. The van der Waals surface area contributed by atoms with Crippen LogP contribution in [0.25, 0.3) is 0 Å². The Morgan fingerprint density at radius 2 is 2.28 bits per heavy atom. The largest absolute Gasteiger partial charge is 0.312 e. The number of rotatable bonds is 4. The van der Waals surface area contributed by atoms with Crippen molar-refractivity contribution in [3.8, 4) is 6.07 Å². The van der Waals surface area contributed by atoms with E-state index in [4.69, 9.17) is 5.26 Å². The summed E-state index contributed by atoms with van der Waals surface area (Å²) in [5, 5.41) is 12.3. The molecule has 3 heteroatoms. The van der Waals surface area contributed by atoms with E-state index in [1.807, 2.05) is 12.1 Å². The van der Waals surface area contributed by atoms with Crippen LogP contribution in [0.2, 0.25) is 0 Å². The van der Waals surface area contributed by atoms with E-state index in [2.05, 4.69) is 23.3 Å². The second-order valence-electron chi connectivity index (χ2n) is 5.31. The number of nitriles is 1. The van der Waals surface area contributed by atoms with Crippen molar-refractivity contribution in [1.29, 1.82) is 5.26 Å². The number of hydrogen-bond donors (Lipinski definition) is 1. The van der Waals surface area contributed by atoms with Gasteiger partial charge in [-0.25, -0.2) is 4.98 Å². The molecule has 0 radical (unpaired) electrons. The van der Waals surface area contributed by atoms with Crippen LogP contribution in [0.1, 0.15) is 43.9 Å². The van der Waals surface area contributed by atoms with E-state index < -0.39 is 0 Å². The van der Waals surface area contributed by atoms with Crippen LogP contribution in [-0.4, -0.2) is 11.5 Å². The summed E-state index contributed by atoms with van der Waals surface area (Å²) in [6.45, 7) is 4.29. The van der Waals surface area contributed by atoms with Gasteiger partial charge in [-0.15, -0.1) is 0 Å². The molecule has 0 saturated heterocycles. The molecule has 2 rings (SSSR count). The van der Waals surface area contributed by atoms with Crippen LogP contribution in [-0.2, 0) is 6.54 Å².